The predicted octanol–water partition coefficient (Wildman–Crippen LogP) is 3.09. The first-order valence-electron chi connectivity index (χ1n) is 7.52. The standard InChI is InChI=1S/C17H22ClN3O/c1-17(2,3)16(22)21-10-8-20(9-11-21)15(12-19)13-6-4-5-7-14(13)18/h4-7,15H,8-11H2,1-3H3. The fourth-order valence-corrected chi connectivity index (χ4v) is 2.94. The molecule has 0 radical (unpaired) electrons. The molecule has 1 fully saturated rings. The number of rotatable bonds is 2. The van der Waals surface area contributed by atoms with E-state index in [0.29, 0.717) is 31.2 Å². The Hall–Kier alpha value is -1.57. The summed E-state index contributed by atoms with van der Waals surface area (Å²) in [6, 6.07) is 9.43. The molecule has 0 N–H and O–H groups in total. The van der Waals surface area contributed by atoms with E-state index in [1.807, 2.05) is 43.9 Å². The number of hydrogen-bond acceptors (Lipinski definition) is 3. The quantitative estimate of drug-likeness (QED) is 0.841. The molecule has 1 atom stereocenters. The van der Waals surface area contributed by atoms with E-state index >= 15 is 0 Å². The minimum absolute atomic E-state index is 0.165. The first-order chi connectivity index (χ1) is 10.3. The van der Waals surface area contributed by atoms with Gasteiger partial charge in [0.25, 0.3) is 0 Å². The molecule has 0 aliphatic carbocycles. The zero-order chi connectivity index (χ0) is 16.3. The maximum atomic E-state index is 12.3. The van der Waals surface area contributed by atoms with Crippen LogP contribution < -0.4 is 0 Å². The van der Waals surface area contributed by atoms with Crippen molar-refractivity contribution in [3.63, 3.8) is 0 Å². The number of hydrogen-bond donors (Lipinski definition) is 0. The molecule has 2 rings (SSSR count). The molecule has 0 spiro atoms. The van der Waals surface area contributed by atoms with Gasteiger partial charge >= 0.3 is 0 Å². The molecule has 1 heterocycles. The molecule has 1 aromatic carbocycles. The number of nitriles is 1. The third-order valence-electron chi connectivity index (χ3n) is 3.93. The lowest BCUT2D eigenvalue weighted by Gasteiger charge is -2.39. The topological polar surface area (TPSA) is 47.3 Å². The molecule has 1 saturated heterocycles. The monoisotopic (exact) mass is 319 g/mol. The van der Waals surface area contributed by atoms with Crippen LogP contribution in [0.3, 0.4) is 0 Å². The second kappa shape index (κ2) is 6.68. The molecule has 1 aliphatic heterocycles. The molecule has 0 saturated carbocycles. The van der Waals surface area contributed by atoms with Gasteiger partial charge in [-0.15, -0.1) is 0 Å². The van der Waals surface area contributed by atoms with Gasteiger partial charge in [-0.25, -0.2) is 0 Å². The molecule has 4 nitrogen and oxygen atoms in total. The van der Waals surface area contributed by atoms with Crippen molar-refractivity contribution in [1.82, 2.24) is 9.80 Å². The summed E-state index contributed by atoms with van der Waals surface area (Å²) in [5, 5.41) is 10.1. The molecule has 1 aliphatic rings. The highest BCUT2D eigenvalue weighted by Crippen LogP contribution is 2.28. The van der Waals surface area contributed by atoms with Crippen LogP contribution in [0.4, 0.5) is 0 Å². The number of benzene rings is 1. The minimum atomic E-state index is -0.362. The largest absolute Gasteiger partial charge is 0.340 e. The molecule has 0 aromatic heterocycles. The van der Waals surface area contributed by atoms with Crippen LogP contribution in [0.25, 0.3) is 0 Å². The third-order valence-corrected chi connectivity index (χ3v) is 4.27. The molecule has 1 amide bonds. The van der Waals surface area contributed by atoms with E-state index < -0.39 is 0 Å². The summed E-state index contributed by atoms with van der Waals surface area (Å²) in [5.41, 5.74) is 0.474. The number of carbonyl (C=O) groups is 1. The van der Waals surface area contributed by atoms with Gasteiger partial charge in [0.2, 0.25) is 5.91 Å². The summed E-state index contributed by atoms with van der Waals surface area (Å²) in [7, 11) is 0. The highest BCUT2D eigenvalue weighted by molar-refractivity contribution is 6.31. The Morgan fingerprint density at radius 1 is 1.23 bits per heavy atom. The minimum Gasteiger partial charge on any atom is -0.340 e. The van der Waals surface area contributed by atoms with Crippen LogP contribution in [0, 0.1) is 16.7 Å². The summed E-state index contributed by atoms with van der Waals surface area (Å²) in [4.78, 5) is 16.3. The Bertz CT molecular complexity index is 580. The third kappa shape index (κ3) is 3.60. The lowest BCUT2D eigenvalue weighted by molar-refractivity contribution is -0.141. The molecule has 1 unspecified atom stereocenters. The van der Waals surface area contributed by atoms with E-state index in [1.54, 1.807) is 6.07 Å². The highest BCUT2D eigenvalue weighted by atomic mass is 35.5. The van der Waals surface area contributed by atoms with Gasteiger partial charge in [-0.2, -0.15) is 5.26 Å². The van der Waals surface area contributed by atoms with Gasteiger partial charge in [0.05, 0.1) is 6.07 Å². The van der Waals surface area contributed by atoms with Crippen molar-refractivity contribution in [3.8, 4) is 6.07 Å². The van der Waals surface area contributed by atoms with E-state index in [9.17, 15) is 10.1 Å². The van der Waals surface area contributed by atoms with E-state index in [4.69, 9.17) is 11.6 Å². The van der Waals surface area contributed by atoms with Crippen LogP contribution in [0.1, 0.15) is 32.4 Å². The zero-order valence-corrected chi connectivity index (χ0v) is 14.1. The summed E-state index contributed by atoms with van der Waals surface area (Å²) >= 11 is 6.21. The molecule has 5 heteroatoms. The Kier molecular flexibility index (Phi) is 5.10. The maximum Gasteiger partial charge on any atom is 0.228 e. The lowest BCUT2D eigenvalue weighted by Crippen LogP contribution is -2.52. The van der Waals surface area contributed by atoms with Crippen LogP contribution in [0.15, 0.2) is 24.3 Å². The molecular formula is C17H22ClN3O. The first-order valence-corrected chi connectivity index (χ1v) is 7.90. The number of amides is 1. The van der Waals surface area contributed by atoms with Crippen LogP contribution in [0.5, 0.6) is 0 Å². The van der Waals surface area contributed by atoms with Crippen molar-refractivity contribution in [2.75, 3.05) is 26.2 Å². The van der Waals surface area contributed by atoms with Crippen molar-refractivity contribution in [2.24, 2.45) is 5.41 Å². The molecular weight excluding hydrogens is 298 g/mol. The Morgan fingerprint density at radius 2 is 1.82 bits per heavy atom. The van der Waals surface area contributed by atoms with Gasteiger partial charge in [-0.3, -0.25) is 9.69 Å². The van der Waals surface area contributed by atoms with Gasteiger partial charge in [0.15, 0.2) is 0 Å². The number of nitrogens with zero attached hydrogens (tertiary/aromatic N) is 3. The van der Waals surface area contributed by atoms with E-state index in [0.717, 1.165) is 5.56 Å². The lowest BCUT2D eigenvalue weighted by atomic mass is 9.94. The number of piperazine rings is 1. The molecule has 1 aromatic rings. The van der Waals surface area contributed by atoms with E-state index in [-0.39, 0.29) is 17.4 Å². The Morgan fingerprint density at radius 3 is 2.32 bits per heavy atom. The van der Waals surface area contributed by atoms with E-state index in [2.05, 4.69) is 11.0 Å². The van der Waals surface area contributed by atoms with Crippen LogP contribution in [-0.2, 0) is 4.79 Å². The summed E-state index contributed by atoms with van der Waals surface area (Å²) in [6.07, 6.45) is 0. The van der Waals surface area contributed by atoms with Crippen LogP contribution >= 0.6 is 11.6 Å². The highest BCUT2D eigenvalue weighted by Gasteiger charge is 2.32. The first kappa shape index (κ1) is 16.8. The van der Waals surface area contributed by atoms with Gasteiger partial charge in [0, 0.05) is 42.2 Å². The van der Waals surface area contributed by atoms with Crippen LogP contribution in [0.2, 0.25) is 5.02 Å². The average molecular weight is 320 g/mol. The smallest absolute Gasteiger partial charge is 0.228 e. The molecule has 22 heavy (non-hydrogen) atoms. The molecule has 118 valence electrons. The van der Waals surface area contributed by atoms with Crippen molar-refractivity contribution < 1.29 is 4.79 Å². The van der Waals surface area contributed by atoms with Crippen molar-refractivity contribution in [2.45, 2.75) is 26.8 Å². The van der Waals surface area contributed by atoms with Crippen LogP contribution in [-0.4, -0.2) is 41.9 Å². The second-order valence-corrected chi connectivity index (χ2v) is 7.04. The summed E-state index contributed by atoms with van der Waals surface area (Å²) < 4.78 is 0. The van der Waals surface area contributed by atoms with Gasteiger partial charge in [-0.1, -0.05) is 50.6 Å². The van der Waals surface area contributed by atoms with Crippen molar-refractivity contribution in [3.05, 3.63) is 34.9 Å². The van der Waals surface area contributed by atoms with Gasteiger partial charge in [-0.05, 0) is 6.07 Å². The second-order valence-electron chi connectivity index (χ2n) is 6.63. The Balaban J connectivity index is 2.06. The fourth-order valence-electron chi connectivity index (χ4n) is 2.70. The van der Waals surface area contributed by atoms with Gasteiger partial charge in [0.1, 0.15) is 6.04 Å². The Labute approximate surface area is 137 Å². The zero-order valence-electron chi connectivity index (χ0n) is 13.3. The van der Waals surface area contributed by atoms with Gasteiger partial charge < -0.3 is 4.90 Å². The predicted molar refractivity (Wildman–Crippen MR) is 87.4 cm³/mol. The van der Waals surface area contributed by atoms with E-state index in [1.165, 1.54) is 0 Å². The van der Waals surface area contributed by atoms with Crippen molar-refractivity contribution >= 4 is 17.5 Å². The average Bonchev–Trinajstić information content (AvgIpc) is 2.49. The number of carbonyl (C=O) groups excluding carboxylic acids is 1. The SMILES string of the molecule is CC(C)(C)C(=O)N1CCN(C(C#N)c2ccccc2Cl)CC1. The van der Waals surface area contributed by atoms with Crippen molar-refractivity contribution in [1.29, 1.82) is 5.26 Å². The summed E-state index contributed by atoms with van der Waals surface area (Å²) in [6.45, 7) is 8.48. The normalized spacial score (nSPS) is 17.9. The number of halogens is 1. The summed E-state index contributed by atoms with van der Waals surface area (Å²) in [5.74, 6) is 0.165. The fraction of sp³-hybridized carbons (Fsp3) is 0.529. The maximum absolute atomic E-state index is 12.3. The molecule has 0 bridgehead atoms.